The summed E-state index contributed by atoms with van der Waals surface area (Å²) in [5.74, 6) is 2.80. The molecule has 1 aliphatic heterocycles. The molecule has 0 spiro atoms. The van der Waals surface area contributed by atoms with Crippen LogP contribution in [0.25, 0.3) is 0 Å². The third-order valence-electron chi connectivity index (χ3n) is 13.8. The van der Waals surface area contributed by atoms with Crippen LogP contribution in [0.5, 0.6) is 0 Å². The van der Waals surface area contributed by atoms with E-state index in [1.165, 1.54) is 32.1 Å². The van der Waals surface area contributed by atoms with E-state index in [1.807, 2.05) is 0 Å². The fraction of sp³-hybridized carbons (Fsp3) is 0.933. The molecule has 0 radical (unpaired) electrons. The van der Waals surface area contributed by atoms with Gasteiger partial charge in [-0.15, -0.1) is 0 Å². The Morgan fingerprint density at radius 1 is 0.727 bits per heavy atom. The Morgan fingerprint density at radius 2 is 1.42 bits per heavy atom. The van der Waals surface area contributed by atoms with E-state index in [4.69, 9.17) is 4.74 Å². The Bertz CT molecular complexity index is 918. The quantitative estimate of drug-likeness (QED) is 0.371. The van der Waals surface area contributed by atoms with Crippen molar-refractivity contribution >= 4 is 11.8 Å². The first-order valence-electron chi connectivity index (χ1n) is 14.0. The van der Waals surface area contributed by atoms with Gasteiger partial charge >= 0.3 is 5.97 Å². The van der Waals surface area contributed by atoms with Gasteiger partial charge in [-0.05, 0) is 91.8 Å². The van der Waals surface area contributed by atoms with Crippen LogP contribution in [0.1, 0.15) is 113 Å². The van der Waals surface area contributed by atoms with E-state index in [0.29, 0.717) is 29.5 Å². The normalized spacial score (nSPS) is 56.2. The van der Waals surface area contributed by atoms with Crippen LogP contribution in [0.4, 0.5) is 0 Å². The van der Waals surface area contributed by atoms with Crippen molar-refractivity contribution in [1.82, 2.24) is 0 Å². The molecule has 3 heteroatoms. The van der Waals surface area contributed by atoms with Crippen molar-refractivity contribution in [1.29, 1.82) is 0 Å². The third-order valence-corrected chi connectivity index (χ3v) is 13.8. The van der Waals surface area contributed by atoms with Crippen molar-refractivity contribution in [3.8, 4) is 0 Å². The molecule has 9 atom stereocenters. The Kier molecular flexibility index (Phi) is 4.30. The van der Waals surface area contributed by atoms with Crippen LogP contribution in [0, 0.1) is 56.2 Å². The van der Waals surface area contributed by atoms with Gasteiger partial charge in [-0.25, -0.2) is 0 Å². The van der Waals surface area contributed by atoms with Crippen molar-refractivity contribution in [3.63, 3.8) is 0 Å². The lowest BCUT2D eigenvalue weighted by atomic mass is 9.31. The molecule has 0 N–H and O–H groups in total. The van der Waals surface area contributed by atoms with E-state index in [2.05, 4.69) is 48.5 Å². The molecular weight excluding hydrogens is 408 g/mol. The Labute approximate surface area is 201 Å². The highest BCUT2D eigenvalue weighted by Gasteiger charge is 2.75. The van der Waals surface area contributed by atoms with Crippen LogP contribution in [0.15, 0.2) is 0 Å². The van der Waals surface area contributed by atoms with E-state index >= 15 is 0 Å². The number of Topliss-reactive ketones (excluding diaryl/α,β-unsaturated/α-hetero) is 1. The number of hydrogen-bond acceptors (Lipinski definition) is 3. The molecule has 184 valence electrons. The minimum atomic E-state index is -0.200. The predicted molar refractivity (Wildman–Crippen MR) is 129 cm³/mol. The molecule has 0 amide bonds. The van der Waals surface area contributed by atoms with Crippen molar-refractivity contribution in [2.45, 2.75) is 119 Å². The van der Waals surface area contributed by atoms with Crippen LogP contribution in [0.3, 0.4) is 0 Å². The lowest BCUT2D eigenvalue weighted by Gasteiger charge is -2.72. The van der Waals surface area contributed by atoms with Crippen molar-refractivity contribution in [2.75, 3.05) is 0 Å². The standard InChI is InChI=1S/C30H46O3/c1-25(2)14-16-30-17-15-28(6)18(22(30)23(25)33-24(30)32)8-9-20-27(5)12-11-21(31)26(3,4)19(27)10-13-29(20,28)7/h18-20,22-23H,8-17H2,1-7H3/t18?,19?,20?,22-,23+,27-,28+,29+,30-/m0/s1. The molecule has 3 nitrogen and oxygen atoms in total. The summed E-state index contributed by atoms with van der Waals surface area (Å²) in [6, 6.07) is 0. The highest BCUT2D eigenvalue weighted by molar-refractivity contribution is 5.85. The second-order valence-electron chi connectivity index (χ2n) is 15.3. The number of hydrogen-bond donors (Lipinski definition) is 0. The monoisotopic (exact) mass is 454 g/mol. The highest BCUT2D eigenvalue weighted by Crippen LogP contribution is 2.77. The molecule has 5 saturated carbocycles. The lowest BCUT2D eigenvalue weighted by molar-refractivity contribution is -0.239. The molecule has 5 aliphatic carbocycles. The molecule has 1 heterocycles. The average molecular weight is 455 g/mol. The van der Waals surface area contributed by atoms with Gasteiger partial charge in [-0.2, -0.15) is 0 Å². The minimum Gasteiger partial charge on any atom is -0.461 e. The molecule has 6 rings (SSSR count). The fourth-order valence-electron chi connectivity index (χ4n) is 11.6. The van der Waals surface area contributed by atoms with E-state index in [1.54, 1.807) is 0 Å². The first kappa shape index (κ1) is 22.6. The van der Waals surface area contributed by atoms with E-state index in [0.717, 1.165) is 32.1 Å². The van der Waals surface area contributed by atoms with Gasteiger partial charge in [-0.3, -0.25) is 9.59 Å². The largest absolute Gasteiger partial charge is 0.461 e. The van der Waals surface area contributed by atoms with Crippen molar-refractivity contribution in [2.24, 2.45) is 56.2 Å². The van der Waals surface area contributed by atoms with E-state index in [9.17, 15) is 9.59 Å². The van der Waals surface area contributed by atoms with Gasteiger partial charge in [-0.1, -0.05) is 48.5 Å². The molecule has 6 aliphatic rings. The van der Waals surface area contributed by atoms with Gasteiger partial charge in [0.15, 0.2) is 0 Å². The third kappa shape index (κ3) is 2.39. The Morgan fingerprint density at radius 3 is 2.15 bits per heavy atom. The summed E-state index contributed by atoms with van der Waals surface area (Å²) in [5.41, 5.74) is 0.494. The summed E-state index contributed by atoms with van der Waals surface area (Å²) in [4.78, 5) is 26.3. The zero-order chi connectivity index (χ0) is 23.8. The first-order chi connectivity index (χ1) is 15.2. The highest BCUT2D eigenvalue weighted by atomic mass is 16.6. The number of fused-ring (bicyclic) bond motifs is 5. The molecule has 3 unspecified atom stereocenters. The zero-order valence-electron chi connectivity index (χ0n) is 22.2. The number of ketones is 1. The van der Waals surface area contributed by atoms with Crippen LogP contribution in [0.2, 0.25) is 0 Å². The summed E-state index contributed by atoms with van der Waals surface area (Å²) in [5, 5.41) is 0. The first-order valence-corrected chi connectivity index (χ1v) is 14.0. The van der Waals surface area contributed by atoms with Gasteiger partial charge in [0.1, 0.15) is 11.9 Å². The van der Waals surface area contributed by atoms with Gasteiger partial charge in [0.25, 0.3) is 0 Å². The Hall–Kier alpha value is -0.860. The van der Waals surface area contributed by atoms with Crippen LogP contribution < -0.4 is 0 Å². The number of ether oxygens (including phenoxy) is 1. The number of esters is 1. The molecule has 0 aromatic rings. The maximum Gasteiger partial charge on any atom is 0.312 e. The maximum atomic E-state index is 13.3. The molecule has 1 saturated heterocycles. The second-order valence-corrected chi connectivity index (χ2v) is 15.3. The number of carbonyl (C=O) groups is 2. The fourth-order valence-corrected chi connectivity index (χ4v) is 11.6. The van der Waals surface area contributed by atoms with Gasteiger partial charge in [0.2, 0.25) is 0 Å². The summed E-state index contributed by atoms with van der Waals surface area (Å²) in [6.07, 6.45) is 11.2. The zero-order valence-corrected chi connectivity index (χ0v) is 22.2. The molecule has 0 aromatic heterocycles. The van der Waals surface area contributed by atoms with Crippen LogP contribution >= 0.6 is 0 Å². The van der Waals surface area contributed by atoms with Gasteiger partial charge in [0, 0.05) is 23.2 Å². The summed E-state index contributed by atoms with van der Waals surface area (Å²) in [7, 11) is 0. The second kappa shape index (κ2) is 6.28. The van der Waals surface area contributed by atoms with E-state index < -0.39 is 0 Å². The van der Waals surface area contributed by atoms with Crippen molar-refractivity contribution < 1.29 is 14.3 Å². The number of carbonyl (C=O) groups excluding carboxylic acids is 2. The maximum absolute atomic E-state index is 13.3. The smallest absolute Gasteiger partial charge is 0.312 e. The van der Waals surface area contributed by atoms with Gasteiger partial charge in [0.05, 0.1) is 5.41 Å². The molecule has 33 heavy (non-hydrogen) atoms. The van der Waals surface area contributed by atoms with Crippen LogP contribution in [-0.2, 0) is 14.3 Å². The van der Waals surface area contributed by atoms with E-state index in [-0.39, 0.29) is 44.6 Å². The SMILES string of the molecule is CC1(C)C(=O)CC[C@@]2(C)C1CC[C@]1(C)C2CCC2[C@H]3[C@H]4OC(=O)[C@@]3(CCC4(C)C)CC[C@]21C. The van der Waals surface area contributed by atoms with Gasteiger partial charge < -0.3 is 4.74 Å². The number of rotatable bonds is 0. The molecular formula is C30H46O3. The topological polar surface area (TPSA) is 43.4 Å². The summed E-state index contributed by atoms with van der Waals surface area (Å²) >= 11 is 0. The molecule has 0 aromatic carbocycles. The summed E-state index contributed by atoms with van der Waals surface area (Å²) < 4.78 is 6.27. The predicted octanol–water partition coefficient (Wildman–Crippen LogP) is 6.97. The van der Waals surface area contributed by atoms with Crippen molar-refractivity contribution in [3.05, 3.63) is 0 Å². The van der Waals surface area contributed by atoms with Crippen LogP contribution in [-0.4, -0.2) is 17.9 Å². The molecule has 2 bridgehead atoms. The summed E-state index contributed by atoms with van der Waals surface area (Å²) in [6.45, 7) is 17.0. The lowest BCUT2D eigenvalue weighted by Crippen LogP contribution is -2.67. The average Bonchev–Trinajstić information content (AvgIpc) is 2.99. The minimum absolute atomic E-state index is 0.0910. The molecule has 6 fully saturated rings. The Balaban J connectivity index is 1.42.